The topological polar surface area (TPSA) is 45.0 Å². The van der Waals surface area contributed by atoms with Crippen molar-refractivity contribution < 1.29 is 4.74 Å². The van der Waals surface area contributed by atoms with Gasteiger partial charge < -0.3 is 4.74 Å². The molecule has 0 radical (unpaired) electrons. The zero-order chi connectivity index (χ0) is 13.0. The quantitative estimate of drug-likeness (QED) is 0.925. The molecular formula is C14H17BrN2O. The van der Waals surface area contributed by atoms with Gasteiger partial charge in [0.05, 0.1) is 13.2 Å². The van der Waals surface area contributed by atoms with Crippen molar-refractivity contribution in [3.63, 3.8) is 0 Å². The van der Waals surface area contributed by atoms with Gasteiger partial charge in [0.2, 0.25) is 0 Å². The fraction of sp³-hybridized carbons (Fsp3) is 0.500. The normalized spacial score (nSPS) is 17.4. The Kier molecular flexibility index (Phi) is 4.62. The summed E-state index contributed by atoms with van der Waals surface area (Å²) in [5.74, 6) is 0.779. The molecule has 1 unspecified atom stereocenters. The monoisotopic (exact) mass is 308 g/mol. The highest BCUT2D eigenvalue weighted by atomic mass is 79.9. The van der Waals surface area contributed by atoms with E-state index >= 15 is 0 Å². The first-order valence-electron chi connectivity index (χ1n) is 6.23. The van der Waals surface area contributed by atoms with Crippen LogP contribution in [0.2, 0.25) is 0 Å². The van der Waals surface area contributed by atoms with Crippen molar-refractivity contribution in [2.45, 2.75) is 37.8 Å². The van der Waals surface area contributed by atoms with Crippen molar-refractivity contribution in [3.05, 3.63) is 28.2 Å². The minimum absolute atomic E-state index is 0.280. The van der Waals surface area contributed by atoms with Crippen LogP contribution in [0.5, 0.6) is 5.75 Å². The van der Waals surface area contributed by atoms with Gasteiger partial charge in [-0.3, -0.25) is 5.32 Å². The largest absolute Gasteiger partial charge is 0.497 e. The van der Waals surface area contributed by atoms with Crippen LogP contribution in [0, 0.1) is 11.3 Å². The number of benzene rings is 1. The van der Waals surface area contributed by atoms with Crippen molar-refractivity contribution >= 4 is 15.9 Å². The molecule has 1 aliphatic carbocycles. The van der Waals surface area contributed by atoms with E-state index < -0.39 is 0 Å². The van der Waals surface area contributed by atoms with Gasteiger partial charge in [-0.25, -0.2) is 0 Å². The molecule has 1 aromatic rings. The third-order valence-corrected chi connectivity index (χ3v) is 4.12. The highest BCUT2D eigenvalue weighted by Gasteiger charge is 2.21. The van der Waals surface area contributed by atoms with Crippen LogP contribution in [-0.4, -0.2) is 13.2 Å². The lowest BCUT2D eigenvalue weighted by Gasteiger charge is -2.19. The smallest absolute Gasteiger partial charge is 0.122 e. The van der Waals surface area contributed by atoms with Crippen molar-refractivity contribution in [2.24, 2.45) is 0 Å². The molecule has 0 amide bonds. The molecule has 0 bridgehead atoms. The van der Waals surface area contributed by atoms with E-state index in [-0.39, 0.29) is 6.04 Å². The van der Waals surface area contributed by atoms with Gasteiger partial charge in [0.15, 0.2) is 0 Å². The Bertz CT molecular complexity index is 450. The number of ether oxygens (including phenoxy) is 1. The summed E-state index contributed by atoms with van der Waals surface area (Å²) in [7, 11) is 1.64. The molecule has 4 heteroatoms. The number of hydrogen-bond donors (Lipinski definition) is 1. The first-order chi connectivity index (χ1) is 8.74. The van der Waals surface area contributed by atoms with E-state index in [2.05, 4.69) is 27.3 Å². The lowest BCUT2D eigenvalue weighted by molar-refractivity contribution is 0.413. The summed E-state index contributed by atoms with van der Waals surface area (Å²) in [6, 6.07) is 8.25. The van der Waals surface area contributed by atoms with Crippen LogP contribution in [0.25, 0.3) is 0 Å². The van der Waals surface area contributed by atoms with Gasteiger partial charge >= 0.3 is 0 Å². The van der Waals surface area contributed by atoms with Crippen LogP contribution in [-0.2, 0) is 0 Å². The number of halogens is 1. The van der Waals surface area contributed by atoms with E-state index in [0.717, 1.165) is 15.8 Å². The molecule has 0 aliphatic heterocycles. The Balaban J connectivity index is 2.18. The minimum Gasteiger partial charge on any atom is -0.497 e. The van der Waals surface area contributed by atoms with E-state index in [4.69, 9.17) is 4.74 Å². The standard InChI is InChI=1S/C14H17BrN2O/c1-18-11-6-7-13(15)12(8-11)14(9-16)17-10-4-2-3-5-10/h6-8,10,14,17H,2-5H2,1H3. The van der Waals surface area contributed by atoms with E-state index in [0.29, 0.717) is 6.04 Å². The highest BCUT2D eigenvalue weighted by Crippen LogP contribution is 2.29. The number of rotatable bonds is 4. The van der Waals surface area contributed by atoms with Gasteiger partial charge in [-0.2, -0.15) is 5.26 Å². The maximum absolute atomic E-state index is 9.35. The van der Waals surface area contributed by atoms with E-state index in [9.17, 15) is 5.26 Å². The van der Waals surface area contributed by atoms with Crippen LogP contribution >= 0.6 is 15.9 Å². The zero-order valence-electron chi connectivity index (χ0n) is 10.4. The summed E-state index contributed by atoms with van der Waals surface area (Å²) in [5, 5.41) is 12.8. The summed E-state index contributed by atoms with van der Waals surface area (Å²) in [4.78, 5) is 0. The predicted molar refractivity (Wildman–Crippen MR) is 74.4 cm³/mol. The molecule has 1 saturated carbocycles. The summed E-state index contributed by atoms with van der Waals surface area (Å²) in [6.07, 6.45) is 4.85. The predicted octanol–water partition coefficient (Wildman–Crippen LogP) is 3.55. The van der Waals surface area contributed by atoms with E-state index in [1.807, 2.05) is 18.2 Å². The lowest BCUT2D eigenvalue weighted by Crippen LogP contribution is -2.30. The van der Waals surface area contributed by atoms with Crippen molar-refractivity contribution in [1.82, 2.24) is 5.32 Å². The van der Waals surface area contributed by atoms with Crippen molar-refractivity contribution in [2.75, 3.05) is 7.11 Å². The fourth-order valence-corrected chi connectivity index (χ4v) is 2.87. The zero-order valence-corrected chi connectivity index (χ0v) is 12.0. The summed E-state index contributed by atoms with van der Waals surface area (Å²) in [5.41, 5.74) is 0.948. The molecule has 0 heterocycles. The van der Waals surface area contributed by atoms with Crippen LogP contribution in [0.3, 0.4) is 0 Å². The third-order valence-electron chi connectivity index (χ3n) is 3.40. The van der Waals surface area contributed by atoms with Crippen LogP contribution in [0.4, 0.5) is 0 Å². The molecule has 1 fully saturated rings. The summed E-state index contributed by atoms with van der Waals surface area (Å²) in [6.45, 7) is 0. The fourth-order valence-electron chi connectivity index (χ4n) is 2.39. The maximum atomic E-state index is 9.35. The number of hydrogen-bond acceptors (Lipinski definition) is 3. The molecule has 1 N–H and O–H groups in total. The molecule has 18 heavy (non-hydrogen) atoms. The Morgan fingerprint density at radius 3 is 2.78 bits per heavy atom. The second kappa shape index (κ2) is 6.21. The molecule has 0 aromatic heterocycles. The average Bonchev–Trinajstić information content (AvgIpc) is 2.90. The summed E-state index contributed by atoms with van der Waals surface area (Å²) < 4.78 is 6.16. The van der Waals surface area contributed by atoms with E-state index in [1.54, 1.807) is 7.11 Å². The lowest BCUT2D eigenvalue weighted by atomic mass is 10.1. The Hall–Kier alpha value is -1.05. The molecule has 1 atom stereocenters. The average molecular weight is 309 g/mol. The third kappa shape index (κ3) is 3.04. The number of methoxy groups -OCH3 is 1. The van der Waals surface area contributed by atoms with Gasteiger partial charge in [0.25, 0.3) is 0 Å². The number of nitrogens with zero attached hydrogens (tertiary/aromatic N) is 1. The Morgan fingerprint density at radius 2 is 2.17 bits per heavy atom. The van der Waals surface area contributed by atoms with Crippen LogP contribution in [0.15, 0.2) is 22.7 Å². The van der Waals surface area contributed by atoms with Gasteiger partial charge in [0.1, 0.15) is 11.8 Å². The Labute approximate surface area is 116 Å². The van der Waals surface area contributed by atoms with Crippen molar-refractivity contribution in [3.8, 4) is 11.8 Å². The minimum atomic E-state index is -0.280. The molecule has 1 aliphatic rings. The molecule has 1 aromatic carbocycles. The molecule has 3 nitrogen and oxygen atoms in total. The highest BCUT2D eigenvalue weighted by molar-refractivity contribution is 9.10. The van der Waals surface area contributed by atoms with Gasteiger partial charge in [-0.05, 0) is 31.0 Å². The van der Waals surface area contributed by atoms with Crippen LogP contribution in [0.1, 0.15) is 37.3 Å². The van der Waals surface area contributed by atoms with Gasteiger partial charge in [0, 0.05) is 16.1 Å². The van der Waals surface area contributed by atoms with Gasteiger partial charge in [-0.1, -0.05) is 28.8 Å². The molecule has 2 rings (SSSR count). The second-order valence-corrected chi connectivity index (χ2v) is 5.45. The van der Waals surface area contributed by atoms with E-state index in [1.165, 1.54) is 25.7 Å². The first-order valence-corrected chi connectivity index (χ1v) is 7.03. The Morgan fingerprint density at radius 1 is 1.44 bits per heavy atom. The molecule has 0 saturated heterocycles. The van der Waals surface area contributed by atoms with Gasteiger partial charge in [-0.15, -0.1) is 0 Å². The maximum Gasteiger partial charge on any atom is 0.122 e. The van der Waals surface area contributed by atoms with Crippen LogP contribution < -0.4 is 10.1 Å². The number of nitrogens with one attached hydrogen (secondary N) is 1. The summed E-state index contributed by atoms with van der Waals surface area (Å²) >= 11 is 3.50. The number of nitriles is 1. The second-order valence-electron chi connectivity index (χ2n) is 4.60. The SMILES string of the molecule is COc1ccc(Br)c(C(C#N)NC2CCCC2)c1. The first kappa shape index (κ1) is 13.4. The molecular weight excluding hydrogens is 292 g/mol. The molecule has 0 spiro atoms. The molecule has 96 valence electrons. The van der Waals surface area contributed by atoms with Crippen molar-refractivity contribution in [1.29, 1.82) is 5.26 Å².